The molecule has 0 bridgehead atoms. The zero-order valence-electron chi connectivity index (χ0n) is 12.3. The summed E-state index contributed by atoms with van der Waals surface area (Å²) in [5, 5.41) is 5.65. The van der Waals surface area contributed by atoms with E-state index in [0.717, 1.165) is 18.2 Å². The molecule has 2 N–H and O–H groups in total. The Labute approximate surface area is 118 Å². The number of benzene rings is 1. The summed E-state index contributed by atoms with van der Waals surface area (Å²) in [6.45, 7) is 5.73. The van der Waals surface area contributed by atoms with E-state index >= 15 is 0 Å². The third-order valence-corrected chi connectivity index (χ3v) is 3.15. The molecule has 0 aliphatic rings. The number of carbonyl (C=O) groups excluding carboxylic acids is 1. The van der Waals surface area contributed by atoms with Crippen LogP contribution in [0.2, 0.25) is 0 Å². The minimum Gasteiger partial charge on any atom is -0.358 e. The minimum absolute atomic E-state index is 0.151. The number of hydrogen-bond donors (Lipinski definition) is 2. The number of hydrogen-bond acceptors (Lipinski definition) is 2. The van der Waals surface area contributed by atoms with Crippen LogP contribution in [-0.4, -0.2) is 19.0 Å². The molecule has 0 aliphatic carbocycles. The smallest absolute Gasteiger partial charge is 0.236 e. The van der Waals surface area contributed by atoms with Gasteiger partial charge in [-0.05, 0) is 37.5 Å². The molecule has 1 aromatic rings. The molecular formula is C15H22F2N2O. The molecule has 2 unspecified atom stereocenters. The Hall–Kier alpha value is -1.49. The average Bonchev–Trinajstić information content (AvgIpc) is 2.39. The highest BCUT2D eigenvalue weighted by Gasteiger charge is 2.22. The maximum atomic E-state index is 13.7. The molecule has 0 fully saturated rings. The molecule has 0 spiro atoms. The van der Waals surface area contributed by atoms with Gasteiger partial charge >= 0.3 is 0 Å². The van der Waals surface area contributed by atoms with E-state index in [1.807, 2.05) is 13.8 Å². The van der Waals surface area contributed by atoms with E-state index in [1.165, 1.54) is 0 Å². The lowest BCUT2D eigenvalue weighted by molar-refractivity contribution is -0.123. The summed E-state index contributed by atoms with van der Waals surface area (Å²) in [5.41, 5.74) is 0.225. The van der Waals surface area contributed by atoms with Crippen molar-refractivity contribution < 1.29 is 13.6 Å². The molecule has 0 aliphatic heterocycles. The molecular weight excluding hydrogens is 262 g/mol. The first-order valence-electron chi connectivity index (χ1n) is 6.77. The zero-order chi connectivity index (χ0) is 15.3. The molecule has 0 saturated carbocycles. The summed E-state index contributed by atoms with van der Waals surface area (Å²) in [6, 6.07) is 2.45. The van der Waals surface area contributed by atoms with Crippen molar-refractivity contribution in [2.24, 2.45) is 5.92 Å². The predicted molar refractivity (Wildman–Crippen MR) is 75.2 cm³/mol. The van der Waals surface area contributed by atoms with Crippen molar-refractivity contribution >= 4 is 5.91 Å². The highest BCUT2D eigenvalue weighted by atomic mass is 19.1. The lowest BCUT2D eigenvalue weighted by Gasteiger charge is -2.24. The third kappa shape index (κ3) is 4.56. The summed E-state index contributed by atoms with van der Waals surface area (Å²) in [4.78, 5) is 11.8. The number of likely N-dealkylation sites (N-methyl/N-ethyl adjacent to an activating group) is 1. The molecule has 0 aromatic heterocycles. The normalized spacial score (nSPS) is 14.2. The van der Waals surface area contributed by atoms with Crippen LogP contribution < -0.4 is 10.6 Å². The predicted octanol–water partition coefficient (Wildman–Crippen LogP) is 2.78. The van der Waals surface area contributed by atoms with E-state index < -0.39 is 23.7 Å². The second-order valence-electron chi connectivity index (χ2n) is 5.35. The third-order valence-electron chi connectivity index (χ3n) is 3.15. The first-order valence-corrected chi connectivity index (χ1v) is 6.77. The van der Waals surface area contributed by atoms with E-state index in [9.17, 15) is 13.6 Å². The number of rotatable bonds is 6. The van der Waals surface area contributed by atoms with Crippen LogP contribution in [0, 0.1) is 17.6 Å². The Bertz CT molecular complexity index is 463. The Balaban J connectivity index is 2.86. The number of halogens is 2. The van der Waals surface area contributed by atoms with Gasteiger partial charge in [0.2, 0.25) is 5.91 Å². The van der Waals surface area contributed by atoms with Gasteiger partial charge in [0, 0.05) is 18.7 Å². The lowest BCUT2D eigenvalue weighted by atomic mass is 10.0. The van der Waals surface area contributed by atoms with E-state index in [0.29, 0.717) is 12.3 Å². The van der Waals surface area contributed by atoms with Crippen molar-refractivity contribution in [3.8, 4) is 0 Å². The molecule has 20 heavy (non-hydrogen) atoms. The van der Waals surface area contributed by atoms with E-state index in [-0.39, 0.29) is 11.5 Å². The molecule has 112 valence electrons. The first-order chi connectivity index (χ1) is 9.35. The van der Waals surface area contributed by atoms with Gasteiger partial charge in [-0.15, -0.1) is 0 Å². The molecule has 0 saturated heterocycles. The number of amides is 1. The Kier molecular flexibility index (Phi) is 6.07. The quantitative estimate of drug-likeness (QED) is 0.843. The maximum absolute atomic E-state index is 13.7. The molecule has 3 nitrogen and oxygen atoms in total. The lowest BCUT2D eigenvalue weighted by Crippen LogP contribution is -2.44. The molecule has 2 atom stereocenters. The molecule has 0 radical (unpaired) electrons. The van der Waals surface area contributed by atoms with Crippen LogP contribution in [0.4, 0.5) is 8.78 Å². The van der Waals surface area contributed by atoms with Crippen LogP contribution in [0.1, 0.15) is 38.8 Å². The van der Waals surface area contributed by atoms with Crippen LogP contribution in [-0.2, 0) is 4.79 Å². The second-order valence-corrected chi connectivity index (χ2v) is 5.35. The molecule has 5 heteroatoms. The largest absolute Gasteiger partial charge is 0.358 e. The monoisotopic (exact) mass is 284 g/mol. The van der Waals surface area contributed by atoms with Crippen LogP contribution >= 0.6 is 0 Å². The highest BCUT2D eigenvalue weighted by molar-refractivity contribution is 5.81. The van der Waals surface area contributed by atoms with Crippen LogP contribution in [0.3, 0.4) is 0 Å². The van der Waals surface area contributed by atoms with Crippen molar-refractivity contribution in [1.82, 2.24) is 10.6 Å². The number of carbonyl (C=O) groups is 1. The van der Waals surface area contributed by atoms with Crippen molar-refractivity contribution in [3.63, 3.8) is 0 Å². The Morgan fingerprint density at radius 2 is 1.90 bits per heavy atom. The van der Waals surface area contributed by atoms with E-state index in [1.54, 1.807) is 14.0 Å². The van der Waals surface area contributed by atoms with Gasteiger partial charge in [-0.1, -0.05) is 13.8 Å². The molecule has 1 aromatic carbocycles. The molecule has 1 rings (SSSR count). The van der Waals surface area contributed by atoms with Crippen LogP contribution in [0.25, 0.3) is 0 Å². The van der Waals surface area contributed by atoms with Gasteiger partial charge in [0.25, 0.3) is 0 Å². The summed E-state index contributed by atoms with van der Waals surface area (Å²) >= 11 is 0. The van der Waals surface area contributed by atoms with Gasteiger partial charge in [0.05, 0.1) is 6.04 Å². The fourth-order valence-electron chi connectivity index (χ4n) is 2.13. The Morgan fingerprint density at radius 3 is 2.45 bits per heavy atom. The van der Waals surface area contributed by atoms with Gasteiger partial charge in [0.15, 0.2) is 0 Å². The van der Waals surface area contributed by atoms with Crippen molar-refractivity contribution in [2.45, 2.75) is 39.3 Å². The highest BCUT2D eigenvalue weighted by Crippen LogP contribution is 2.19. The SMILES string of the molecule is CNC(=O)C(CC(C)C)NC(C)c1cc(F)ccc1F. The van der Waals surface area contributed by atoms with Crippen molar-refractivity contribution in [3.05, 3.63) is 35.4 Å². The van der Waals surface area contributed by atoms with Gasteiger partial charge in [-0.3, -0.25) is 10.1 Å². The topological polar surface area (TPSA) is 41.1 Å². The van der Waals surface area contributed by atoms with Gasteiger partial charge < -0.3 is 5.32 Å². The summed E-state index contributed by atoms with van der Waals surface area (Å²) in [5.74, 6) is -0.807. The molecule has 1 amide bonds. The van der Waals surface area contributed by atoms with Crippen molar-refractivity contribution in [2.75, 3.05) is 7.05 Å². The zero-order valence-corrected chi connectivity index (χ0v) is 12.3. The first kappa shape index (κ1) is 16.6. The average molecular weight is 284 g/mol. The van der Waals surface area contributed by atoms with Crippen LogP contribution in [0.5, 0.6) is 0 Å². The van der Waals surface area contributed by atoms with Crippen molar-refractivity contribution in [1.29, 1.82) is 0 Å². The summed E-state index contributed by atoms with van der Waals surface area (Å²) in [7, 11) is 1.56. The second kappa shape index (κ2) is 7.33. The summed E-state index contributed by atoms with van der Waals surface area (Å²) in [6.07, 6.45) is 0.626. The fraction of sp³-hybridized carbons (Fsp3) is 0.533. The van der Waals surface area contributed by atoms with E-state index in [4.69, 9.17) is 0 Å². The van der Waals surface area contributed by atoms with Crippen LogP contribution in [0.15, 0.2) is 18.2 Å². The maximum Gasteiger partial charge on any atom is 0.236 e. The van der Waals surface area contributed by atoms with Gasteiger partial charge in [-0.25, -0.2) is 8.78 Å². The van der Waals surface area contributed by atoms with E-state index in [2.05, 4.69) is 10.6 Å². The minimum atomic E-state index is -0.490. The fourth-order valence-corrected chi connectivity index (χ4v) is 2.13. The summed E-state index contributed by atoms with van der Waals surface area (Å²) < 4.78 is 26.9. The number of nitrogens with one attached hydrogen (secondary N) is 2. The Morgan fingerprint density at radius 1 is 1.25 bits per heavy atom. The van der Waals surface area contributed by atoms with Gasteiger partial charge in [-0.2, -0.15) is 0 Å². The van der Waals surface area contributed by atoms with Gasteiger partial charge in [0.1, 0.15) is 11.6 Å². The standard InChI is InChI=1S/C15H22F2N2O/c1-9(2)7-14(15(20)18-4)19-10(3)12-8-11(16)5-6-13(12)17/h5-6,8-10,14,19H,7H2,1-4H3,(H,18,20). The molecule has 0 heterocycles.